The Bertz CT molecular complexity index is 1110. The fourth-order valence-corrected chi connectivity index (χ4v) is 3.58. The van der Waals surface area contributed by atoms with Gasteiger partial charge in [0, 0.05) is 37.4 Å². The SMILES string of the molecule is O=C(CCC(=O)N1CCC(c2ccccc2)=N1)NCCCOc1cccc2cccnc12. The van der Waals surface area contributed by atoms with Crippen molar-refractivity contribution in [2.45, 2.75) is 25.7 Å². The Morgan fingerprint density at radius 2 is 1.84 bits per heavy atom. The molecule has 7 heteroatoms. The standard InChI is InChI=1S/C25H26N4O3/c30-23(12-13-24(31)29-17-14-21(28-29)19-7-2-1-3-8-19)26-16-6-18-32-22-11-4-9-20-10-5-15-27-25(20)22/h1-5,7-11,15H,6,12-14,16-18H2,(H,26,30). The van der Waals surface area contributed by atoms with Crippen LogP contribution in [-0.4, -0.2) is 47.2 Å². The van der Waals surface area contributed by atoms with Crippen molar-refractivity contribution in [1.82, 2.24) is 15.3 Å². The van der Waals surface area contributed by atoms with Gasteiger partial charge in [-0.05, 0) is 24.1 Å². The Kier molecular flexibility index (Phi) is 7.07. The van der Waals surface area contributed by atoms with Gasteiger partial charge in [0.1, 0.15) is 11.3 Å². The molecule has 0 spiro atoms. The lowest BCUT2D eigenvalue weighted by atomic mass is 10.1. The Labute approximate surface area is 187 Å². The number of hydrogen-bond donors (Lipinski definition) is 1. The maximum absolute atomic E-state index is 12.4. The molecule has 0 saturated carbocycles. The van der Waals surface area contributed by atoms with Crippen LogP contribution in [-0.2, 0) is 9.59 Å². The average Bonchev–Trinajstić information content (AvgIpc) is 3.33. The summed E-state index contributed by atoms with van der Waals surface area (Å²) in [5.41, 5.74) is 2.77. The second-order valence-corrected chi connectivity index (χ2v) is 7.56. The van der Waals surface area contributed by atoms with Gasteiger partial charge in [-0.25, -0.2) is 5.01 Å². The van der Waals surface area contributed by atoms with Crippen molar-refractivity contribution in [3.63, 3.8) is 0 Å². The predicted molar refractivity (Wildman–Crippen MR) is 123 cm³/mol. The fraction of sp³-hybridized carbons (Fsp3) is 0.280. The van der Waals surface area contributed by atoms with Crippen molar-refractivity contribution in [3.8, 4) is 5.75 Å². The summed E-state index contributed by atoms with van der Waals surface area (Å²) < 4.78 is 5.82. The number of para-hydroxylation sites is 1. The van der Waals surface area contributed by atoms with Gasteiger partial charge in [-0.3, -0.25) is 14.6 Å². The van der Waals surface area contributed by atoms with Crippen LogP contribution in [0, 0.1) is 0 Å². The first kappa shape index (κ1) is 21.5. The monoisotopic (exact) mass is 430 g/mol. The van der Waals surface area contributed by atoms with Crippen LogP contribution in [0.2, 0.25) is 0 Å². The van der Waals surface area contributed by atoms with Crippen LogP contribution >= 0.6 is 0 Å². The second-order valence-electron chi connectivity index (χ2n) is 7.56. The summed E-state index contributed by atoms with van der Waals surface area (Å²) in [5, 5.41) is 9.77. The van der Waals surface area contributed by atoms with Crippen LogP contribution in [0.15, 0.2) is 72.0 Å². The Balaban J connectivity index is 1.14. The molecule has 4 rings (SSSR count). The van der Waals surface area contributed by atoms with Crippen molar-refractivity contribution in [2.24, 2.45) is 5.10 Å². The molecule has 32 heavy (non-hydrogen) atoms. The first-order chi connectivity index (χ1) is 15.7. The summed E-state index contributed by atoms with van der Waals surface area (Å²) in [4.78, 5) is 28.8. The molecule has 0 radical (unpaired) electrons. The minimum atomic E-state index is -0.142. The van der Waals surface area contributed by atoms with Crippen LogP contribution in [0.3, 0.4) is 0 Å². The molecular weight excluding hydrogens is 404 g/mol. The second kappa shape index (κ2) is 10.5. The number of carbonyl (C=O) groups is 2. The maximum atomic E-state index is 12.4. The highest BCUT2D eigenvalue weighted by Crippen LogP contribution is 2.22. The van der Waals surface area contributed by atoms with E-state index in [1.54, 1.807) is 6.20 Å². The number of pyridine rings is 1. The number of aromatic nitrogens is 1. The minimum Gasteiger partial charge on any atom is -0.491 e. The number of nitrogens with one attached hydrogen (secondary N) is 1. The Morgan fingerprint density at radius 3 is 2.72 bits per heavy atom. The lowest BCUT2D eigenvalue weighted by molar-refractivity contribution is -0.133. The number of ether oxygens (including phenoxy) is 1. The third kappa shape index (κ3) is 5.49. The normalized spacial score (nSPS) is 13.1. The van der Waals surface area contributed by atoms with E-state index in [0.29, 0.717) is 26.1 Å². The number of hydrazone groups is 1. The number of carbonyl (C=O) groups excluding carboxylic acids is 2. The number of rotatable bonds is 9. The van der Waals surface area contributed by atoms with Crippen molar-refractivity contribution < 1.29 is 14.3 Å². The van der Waals surface area contributed by atoms with Gasteiger partial charge in [0.05, 0.1) is 18.9 Å². The van der Waals surface area contributed by atoms with E-state index in [1.807, 2.05) is 60.7 Å². The summed E-state index contributed by atoms with van der Waals surface area (Å²) in [7, 11) is 0. The summed E-state index contributed by atoms with van der Waals surface area (Å²) in [5.74, 6) is 0.468. The van der Waals surface area contributed by atoms with E-state index in [9.17, 15) is 9.59 Å². The largest absolute Gasteiger partial charge is 0.491 e. The molecular formula is C25H26N4O3. The van der Waals surface area contributed by atoms with Gasteiger partial charge in [0.15, 0.2) is 0 Å². The smallest absolute Gasteiger partial charge is 0.243 e. The van der Waals surface area contributed by atoms with Gasteiger partial charge in [-0.1, -0.05) is 48.5 Å². The van der Waals surface area contributed by atoms with Gasteiger partial charge in [-0.15, -0.1) is 0 Å². The molecule has 0 bridgehead atoms. The highest BCUT2D eigenvalue weighted by Gasteiger charge is 2.21. The van der Waals surface area contributed by atoms with Gasteiger partial charge in [-0.2, -0.15) is 5.10 Å². The molecule has 1 aliphatic rings. The van der Waals surface area contributed by atoms with Crippen molar-refractivity contribution in [1.29, 1.82) is 0 Å². The molecule has 1 aliphatic heterocycles. The van der Waals surface area contributed by atoms with E-state index in [-0.39, 0.29) is 24.7 Å². The van der Waals surface area contributed by atoms with Crippen LogP contribution in [0.25, 0.3) is 10.9 Å². The first-order valence-electron chi connectivity index (χ1n) is 10.9. The number of fused-ring (bicyclic) bond motifs is 1. The third-order valence-electron chi connectivity index (χ3n) is 5.26. The molecule has 0 atom stereocenters. The lowest BCUT2D eigenvalue weighted by Crippen LogP contribution is -2.28. The van der Waals surface area contributed by atoms with Crippen LogP contribution in [0.4, 0.5) is 0 Å². The molecule has 7 nitrogen and oxygen atoms in total. The summed E-state index contributed by atoms with van der Waals surface area (Å²) >= 11 is 0. The van der Waals surface area contributed by atoms with E-state index < -0.39 is 0 Å². The molecule has 1 N–H and O–H groups in total. The van der Waals surface area contributed by atoms with E-state index in [2.05, 4.69) is 15.4 Å². The van der Waals surface area contributed by atoms with E-state index >= 15 is 0 Å². The lowest BCUT2D eigenvalue weighted by Gasteiger charge is -2.11. The van der Waals surface area contributed by atoms with Crippen LogP contribution in [0.1, 0.15) is 31.2 Å². The van der Waals surface area contributed by atoms with Gasteiger partial charge in [0.25, 0.3) is 0 Å². The van der Waals surface area contributed by atoms with Gasteiger partial charge >= 0.3 is 0 Å². The van der Waals surface area contributed by atoms with E-state index in [0.717, 1.165) is 34.3 Å². The Morgan fingerprint density at radius 1 is 1.00 bits per heavy atom. The zero-order valence-corrected chi connectivity index (χ0v) is 17.9. The molecule has 0 aliphatic carbocycles. The minimum absolute atomic E-state index is 0.127. The summed E-state index contributed by atoms with van der Waals surface area (Å²) in [6.07, 6.45) is 3.44. The topological polar surface area (TPSA) is 83.9 Å². The van der Waals surface area contributed by atoms with Crippen molar-refractivity contribution >= 4 is 28.4 Å². The van der Waals surface area contributed by atoms with Gasteiger partial charge < -0.3 is 10.1 Å². The van der Waals surface area contributed by atoms with Crippen molar-refractivity contribution in [3.05, 3.63) is 72.4 Å². The fourth-order valence-electron chi connectivity index (χ4n) is 3.58. The number of hydrogen-bond acceptors (Lipinski definition) is 5. The number of nitrogens with zero attached hydrogens (tertiary/aromatic N) is 3. The van der Waals surface area contributed by atoms with Crippen LogP contribution in [0.5, 0.6) is 5.75 Å². The van der Waals surface area contributed by atoms with Crippen LogP contribution < -0.4 is 10.1 Å². The zero-order chi connectivity index (χ0) is 22.2. The molecule has 0 unspecified atom stereocenters. The molecule has 164 valence electrons. The average molecular weight is 431 g/mol. The third-order valence-corrected chi connectivity index (χ3v) is 5.26. The summed E-state index contributed by atoms with van der Waals surface area (Å²) in [6.45, 7) is 1.52. The number of amides is 2. The number of benzene rings is 2. The predicted octanol–water partition coefficient (Wildman–Crippen LogP) is 3.54. The molecule has 0 fully saturated rings. The molecule has 2 heterocycles. The van der Waals surface area contributed by atoms with Gasteiger partial charge in [0.2, 0.25) is 11.8 Å². The molecule has 1 aromatic heterocycles. The highest BCUT2D eigenvalue weighted by atomic mass is 16.5. The zero-order valence-electron chi connectivity index (χ0n) is 17.9. The molecule has 2 amide bonds. The quantitative estimate of drug-likeness (QED) is 0.527. The highest BCUT2D eigenvalue weighted by molar-refractivity contribution is 6.02. The van der Waals surface area contributed by atoms with E-state index in [1.165, 1.54) is 5.01 Å². The first-order valence-corrected chi connectivity index (χ1v) is 10.9. The molecule has 3 aromatic rings. The summed E-state index contributed by atoms with van der Waals surface area (Å²) in [6, 6.07) is 19.5. The Hall–Kier alpha value is -3.74. The molecule has 0 saturated heterocycles. The molecule has 2 aromatic carbocycles. The maximum Gasteiger partial charge on any atom is 0.243 e. The van der Waals surface area contributed by atoms with Crippen molar-refractivity contribution in [2.75, 3.05) is 19.7 Å². The van der Waals surface area contributed by atoms with E-state index in [4.69, 9.17) is 4.74 Å².